The first-order valence-electron chi connectivity index (χ1n) is 4.48. The monoisotopic (exact) mass is 188 g/mol. The van der Waals surface area contributed by atoms with Gasteiger partial charge in [-0.1, -0.05) is 24.3 Å². The maximum Gasteiger partial charge on any atom is 0.0948 e. The summed E-state index contributed by atoms with van der Waals surface area (Å²) >= 11 is 0. The molecule has 0 bridgehead atoms. The number of aryl methyl sites for hydroxylation is 1. The molecule has 0 saturated heterocycles. The van der Waals surface area contributed by atoms with Crippen LogP contribution >= 0.6 is 0 Å². The predicted octanol–water partition coefficient (Wildman–Crippen LogP) is 1.58. The minimum atomic E-state index is 0.0890. The Labute approximate surface area is 82.7 Å². The van der Waals surface area contributed by atoms with Gasteiger partial charge in [0.25, 0.3) is 0 Å². The standard InChI is InChI=1S/C11H12N2O/c1-13-8-12-6-11(13)10-4-2-9(7-14)3-5-10/h2-6,8,14H,7H2,1H3. The number of nitrogens with zero attached hydrogens (tertiary/aromatic N) is 2. The van der Waals surface area contributed by atoms with E-state index in [0.717, 1.165) is 16.8 Å². The average Bonchev–Trinajstić information content (AvgIpc) is 2.65. The van der Waals surface area contributed by atoms with Crippen LogP contribution in [0.2, 0.25) is 0 Å². The van der Waals surface area contributed by atoms with E-state index in [1.807, 2.05) is 42.1 Å². The molecule has 0 spiro atoms. The van der Waals surface area contributed by atoms with Crippen molar-refractivity contribution in [3.05, 3.63) is 42.4 Å². The fraction of sp³-hybridized carbons (Fsp3) is 0.182. The second kappa shape index (κ2) is 3.64. The van der Waals surface area contributed by atoms with Crippen molar-refractivity contribution in [2.45, 2.75) is 6.61 Å². The molecule has 72 valence electrons. The molecule has 0 saturated carbocycles. The predicted molar refractivity (Wildman–Crippen MR) is 54.6 cm³/mol. The maximum absolute atomic E-state index is 8.90. The zero-order valence-corrected chi connectivity index (χ0v) is 8.01. The van der Waals surface area contributed by atoms with Crippen LogP contribution in [0.25, 0.3) is 11.3 Å². The summed E-state index contributed by atoms with van der Waals surface area (Å²) < 4.78 is 1.97. The molecule has 0 atom stereocenters. The molecule has 3 heteroatoms. The maximum atomic E-state index is 8.90. The number of benzene rings is 1. The molecule has 3 nitrogen and oxygen atoms in total. The molecule has 14 heavy (non-hydrogen) atoms. The van der Waals surface area contributed by atoms with Crippen molar-refractivity contribution in [1.82, 2.24) is 9.55 Å². The van der Waals surface area contributed by atoms with Gasteiger partial charge in [0.05, 0.1) is 24.8 Å². The third kappa shape index (κ3) is 1.54. The van der Waals surface area contributed by atoms with E-state index >= 15 is 0 Å². The number of aromatic nitrogens is 2. The van der Waals surface area contributed by atoms with Gasteiger partial charge in [-0.3, -0.25) is 0 Å². The Balaban J connectivity index is 2.39. The van der Waals surface area contributed by atoms with E-state index in [1.54, 1.807) is 6.33 Å². The molecule has 0 fully saturated rings. The van der Waals surface area contributed by atoms with Crippen LogP contribution < -0.4 is 0 Å². The average molecular weight is 188 g/mol. The zero-order chi connectivity index (χ0) is 9.97. The fourth-order valence-electron chi connectivity index (χ4n) is 1.42. The number of rotatable bonds is 2. The Morgan fingerprint density at radius 3 is 2.50 bits per heavy atom. The summed E-state index contributed by atoms with van der Waals surface area (Å²) in [5, 5.41) is 8.90. The lowest BCUT2D eigenvalue weighted by molar-refractivity contribution is 0.282. The van der Waals surface area contributed by atoms with Gasteiger partial charge in [-0.15, -0.1) is 0 Å². The van der Waals surface area contributed by atoms with Crippen LogP contribution in [0.15, 0.2) is 36.8 Å². The highest BCUT2D eigenvalue weighted by molar-refractivity contribution is 5.59. The van der Waals surface area contributed by atoms with Crippen molar-refractivity contribution in [2.24, 2.45) is 7.05 Å². The van der Waals surface area contributed by atoms with Crippen molar-refractivity contribution in [2.75, 3.05) is 0 Å². The summed E-state index contributed by atoms with van der Waals surface area (Å²) in [6.07, 6.45) is 3.60. The Kier molecular flexibility index (Phi) is 2.33. The van der Waals surface area contributed by atoms with E-state index in [4.69, 9.17) is 5.11 Å². The number of hydrogen-bond acceptors (Lipinski definition) is 2. The highest BCUT2D eigenvalue weighted by Gasteiger charge is 2.01. The van der Waals surface area contributed by atoms with Gasteiger partial charge in [0.15, 0.2) is 0 Å². The highest BCUT2D eigenvalue weighted by atomic mass is 16.3. The molecule has 2 aromatic rings. The lowest BCUT2D eigenvalue weighted by atomic mass is 10.1. The molecular formula is C11H12N2O. The Morgan fingerprint density at radius 2 is 2.00 bits per heavy atom. The van der Waals surface area contributed by atoms with Gasteiger partial charge < -0.3 is 9.67 Å². The lowest BCUT2D eigenvalue weighted by Crippen LogP contribution is -1.89. The van der Waals surface area contributed by atoms with E-state index in [1.165, 1.54) is 0 Å². The molecule has 1 N–H and O–H groups in total. The fourth-order valence-corrected chi connectivity index (χ4v) is 1.42. The molecule has 0 amide bonds. The van der Waals surface area contributed by atoms with Crippen LogP contribution in [-0.2, 0) is 13.7 Å². The van der Waals surface area contributed by atoms with Gasteiger partial charge in [0, 0.05) is 7.05 Å². The van der Waals surface area contributed by atoms with Crippen molar-refractivity contribution in [3.63, 3.8) is 0 Å². The van der Waals surface area contributed by atoms with E-state index in [-0.39, 0.29) is 6.61 Å². The first-order chi connectivity index (χ1) is 6.81. The van der Waals surface area contributed by atoms with E-state index in [2.05, 4.69) is 4.98 Å². The first-order valence-corrected chi connectivity index (χ1v) is 4.48. The second-order valence-electron chi connectivity index (χ2n) is 3.24. The number of aliphatic hydroxyl groups excluding tert-OH is 1. The summed E-state index contributed by atoms with van der Waals surface area (Å²) in [6.45, 7) is 0.0890. The number of imidazole rings is 1. The molecular weight excluding hydrogens is 176 g/mol. The Hall–Kier alpha value is -1.61. The molecule has 1 aromatic heterocycles. The molecule has 0 unspecified atom stereocenters. The Morgan fingerprint density at radius 1 is 1.29 bits per heavy atom. The van der Waals surface area contributed by atoms with Crippen LogP contribution in [-0.4, -0.2) is 14.7 Å². The molecule has 0 aliphatic heterocycles. The van der Waals surface area contributed by atoms with Gasteiger partial charge in [-0.2, -0.15) is 0 Å². The quantitative estimate of drug-likeness (QED) is 0.777. The lowest BCUT2D eigenvalue weighted by Gasteiger charge is -2.02. The minimum absolute atomic E-state index is 0.0890. The van der Waals surface area contributed by atoms with Gasteiger partial charge in [-0.25, -0.2) is 4.98 Å². The topological polar surface area (TPSA) is 38.0 Å². The van der Waals surface area contributed by atoms with Crippen molar-refractivity contribution in [3.8, 4) is 11.3 Å². The third-order valence-electron chi connectivity index (χ3n) is 2.25. The van der Waals surface area contributed by atoms with Crippen LogP contribution in [0, 0.1) is 0 Å². The van der Waals surface area contributed by atoms with Gasteiger partial charge in [0.1, 0.15) is 0 Å². The van der Waals surface area contributed by atoms with Crippen LogP contribution in [0.4, 0.5) is 0 Å². The zero-order valence-electron chi connectivity index (χ0n) is 8.01. The van der Waals surface area contributed by atoms with Gasteiger partial charge in [-0.05, 0) is 11.1 Å². The SMILES string of the molecule is Cn1cncc1-c1ccc(CO)cc1. The largest absolute Gasteiger partial charge is 0.392 e. The number of hydrogen-bond donors (Lipinski definition) is 1. The van der Waals surface area contributed by atoms with Gasteiger partial charge >= 0.3 is 0 Å². The van der Waals surface area contributed by atoms with E-state index in [9.17, 15) is 0 Å². The van der Waals surface area contributed by atoms with Crippen molar-refractivity contribution >= 4 is 0 Å². The van der Waals surface area contributed by atoms with Crippen LogP contribution in [0.3, 0.4) is 0 Å². The molecule has 1 aromatic carbocycles. The van der Waals surface area contributed by atoms with E-state index < -0.39 is 0 Å². The molecule has 1 heterocycles. The van der Waals surface area contributed by atoms with Crippen LogP contribution in [0.1, 0.15) is 5.56 Å². The molecule has 2 rings (SSSR count). The summed E-state index contributed by atoms with van der Waals surface area (Å²) in [5.74, 6) is 0. The number of aliphatic hydroxyl groups is 1. The smallest absolute Gasteiger partial charge is 0.0948 e. The summed E-state index contributed by atoms with van der Waals surface area (Å²) in [6, 6.07) is 7.82. The van der Waals surface area contributed by atoms with E-state index in [0.29, 0.717) is 0 Å². The summed E-state index contributed by atoms with van der Waals surface area (Å²) in [5.41, 5.74) is 3.12. The minimum Gasteiger partial charge on any atom is -0.392 e. The van der Waals surface area contributed by atoms with Gasteiger partial charge in [0.2, 0.25) is 0 Å². The van der Waals surface area contributed by atoms with Crippen molar-refractivity contribution in [1.29, 1.82) is 0 Å². The summed E-state index contributed by atoms with van der Waals surface area (Å²) in [7, 11) is 1.96. The molecule has 0 aliphatic carbocycles. The Bertz CT molecular complexity index is 417. The molecule has 0 aliphatic rings. The molecule has 0 radical (unpaired) electrons. The second-order valence-corrected chi connectivity index (χ2v) is 3.24. The highest BCUT2D eigenvalue weighted by Crippen LogP contribution is 2.18. The van der Waals surface area contributed by atoms with Crippen molar-refractivity contribution < 1.29 is 5.11 Å². The summed E-state index contributed by atoms with van der Waals surface area (Å²) in [4.78, 5) is 4.05. The third-order valence-corrected chi connectivity index (χ3v) is 2.25. The first kappa shape index (κ1) is 8.97. The normalized spacial score (nSPS) is 10.4. The van der Waals surface area contributed by atoms with Crippen LogP contribution in [0.5, 0.6) is 0 Å².